The van der Waals surface area contributed by atoms with Crippen molar-refractivity contribution in [3.8, 4) is 0 Å². The normalized spacial score (nSPS) is 12.2. The molecule has 0 bridgehead atoms. The van der Waals surface area contributed by atoms with Crippen molar-refractivity contribution in [3.05, 3.63) is 65.7 Å². The van der Waals surface area contributed by atoms with E-state index in [1.807, 2.05) is 30.3 Å². The van der Waals surface area contributed by atoms with E-state index in [0.717, 1.165) is 5.69 Å². The second-order valence-electron chi connectivity index (χ2n) is 5.22. The standard InChI is InChI=1S/C17H20N2O/c1-12(2)16(13-7-4-3-5-8-13)19-15-10-6-9-14(11-15)17(18)20/h3-12,16,19H,1-2H3,(H2,18,20). The van der Waals surface area contributed by atoms with Gasteiger partial charge in [0.25, 0.3) is 0 Å². The number of hydrogen-bond acceptors (Lipinski definition) is 2. The van der Waals surface area contributed by atoms with Crippen LogP contribution in [-0.2, 0) is 0 Å². The van der Waals surface area contributed by atoms with Gasteiger partial charge in [0.2, 0.25) is 5.91 Å². The highest BCUT2D eigenvalue weighted by molar-refractivity contribution is 5.93. The maximum Gasteiger partial charge on any atom is 0.248 e. The van der Waals surface area contributed by atoms with Crippen LogP contribution >= 0.6 is 0 Å². The van der Waals surface area contributed by atoms with Gasteiger partial charge in [0.05, 0.1) is 6.04 Å². The van der Waals surface area contributed by atoms with Gasteiger partial charge in [-0.25, -0.2) is 0 Å². The maximum atomic E-state index is 11.2. The molecule has 104 valence electrons. The molecule has 0 aliphatic heterocycles. The molecule has 0 saturated heterocycles. The molecule has 3 nitrogen and oxygen atoms in total. The van der Waals surface area contributed by atoms with Crippen LogP contribution in [0.3, 0.4) is 0 Å². The number of amides is 1. The van der Waals surface area contributed by atoms with Crippen molar-refractivity contribution in [2.45, 2.75) is 19.9 Å². The lowest BCUT2D eigenvalue weighted by molar-refractivity contribution is 0.100. The Balaban J connectivity index is 2.25. The topological polar surface area (TPSA) is 55.1 Å². The molecule has 0 radical (unpaired) electrons. The molecule has 0 aromatic heterocycles. The first-order valence-corrected chi connectivity index (χ1v) is 6.79. The van der Waals surface area contributed by atoms with Crippen molar-refractivity contribution < 1.29 is 4.79 Å². The van der Waals surface area contributed by atoms with Gasteiger partial charge in [0.15, 0.2) is 0 Å². The van der Waals surface area contributed by atoms with Crippen molar-refractivity contribution >= 4 is 11.6 Å². The van der Waals surface area contributed by atoms with Crippen molar-refractivity contribution in [1.29, 1.82) is 0 Å². The zero-order chi connectivity index (χ0) is 14.5. The van der Waals surface area contributed by atoms with Crippen LogP contribution in [0.4, 0.5) is 5.69 Å². The van der Waals surface area contributed by atoms with Crippen LogP contribution < -0.4 is 11.1 Å². The molecule has 2 rings (SSSR count). The smallest absolute Gasteiger partial charge is 0.248 e. The second-order valence-corrected chi connectivity index (χ2v) is 5.22. The molecule has 1 unspecified atom stereocenters. The summed E-state index contributed by atoms with van der Waals surface area (Å²) in [6.07, 6.45) is 0. The number of hydrogen-bond donors (Lipinski definition) is 2. The average Bonchev–Trinajstić information content (AvgIpc) is 2.45. The number of benzene rings is 2. The molecule has 0 aliphatic rings. The summed E-state index contributed by atoms with van der Waals surface area (Å²) in [6, 6.07) is 17.8. The van der Waals surface area contributed by atoms with Crippen molar-refractivity contribution in [2.75, 3.05) is 5.32 Å². The van der Waals surface area contributed by atoms with E-state index >= 15 is 0 Å². The Morgan fingerprint density at radius 3 is 2.35 bits per heavy atom. The number of carbonyl (C=O) groups is 1. The summed E-state index contributed by atoms with van der Waals surface area (Å²) in [6.45, 7) is 4.34. The van der Waals surface area contributed by atoms with Crippen LogP contribution in [0, 0.1) is 5.92 Å². The third-order valence-electron chi connectivity index (χ3n) is 3.29. The Labute approximate surface area is 119 Å². The molecule has 0 spiro atoms. The second kappa shape index (κ2) is 6.24. The Bertz CT molecular complexity index is 579. The summed E-state index contributed by atoms with van der Waals surface area (Å²) < 4.78 is 0. The number of rotatable bonds is 5. The van der Waals surface area contributed by atoms with Crippen LogP contribution in [0.1, 0.15) is 35.8 Å². The summed E-state index contributed by atoms with van der Waals surface area (Å²) in [4.78, 5) is 11.2. The maximum absolute atomic E-state index is 11.2. The lowest BCUT2D eigenvalue weighted by Crippen LogP contribution is -2.17. The lowest BCUT2D eigenvalue weighted by Gasteiger charge is -2.24. The predicted molar refractivity (Wildman–Crippen MR) is 82.6 cm³/mol. The molecule has 1 atom stereocenters. The molecular formula is C17H20N2O. The monoisotopic (exact) mass is 268 g/mol. The first kappa shape index (κ1) is 14.1. The van der Waals surface area contributed by atoms with Crippen molar-refractivity contribution in [3.63, 3.8) is 0 Å². The van der Waals surface area contributed by atoms with Crippen molar-refractivity contribution in [1.82, 2.24) is 0 Å². The highest BCUT2D eigenvalue weighted by Gasteiger charge is 2.15. The number of primary amides is 1. The Morgan fingerprint density at radius 1 is 1.05 bits per heavy atom. The first-order chi connectivity index (χ1) is 9.58. The van der Waals surface area contributed by atoms with Gasteiger partial charge >= 0.3 is 0 Å². The minimum atomic E-state index is -0.408. The van der Waals surface area contributed by atoms with Gasteiger partial charge < -0.3 is 11.1 Å². The molecule has 0 saturated carbocycles. The fraction of sp³-hybridized carbons (Fsp3) is 0.235. The molecule has 3 N–H and O–H groups in total. The number of nitrogens with one attached hydrogen (secondary N) is 1. The highest BCUT2D eigenvalue weighted by atomic mass is 16.1. The SMILES string of the molecule is CC(C)C(Nc1cccc(C(N)=O)c1)c1ccccc1. The lowest BCUT2D eigenvalue weighted by atomic mass is 9.95. The van der Waals surface area contributed by atoms with E-state index in [2.05, 4.69) is 31.3 Å². The van der Waals surface area contributed by atoms with E-state index in [1.54, 1.807) is 12.1 Å². The van der Waals surface area contributed by atoms with Crippen molar-refractivity contribution in [2.24, 2.45) is 11.7 Å². The third-order valence-corrected chi connectivity index (χ3v) is 3.29. The molecule has 2 aromatic rings. The molecule has 0 heterocycles. The molecular weight excluding hydrogens is 248 g/mol. The third kappa shape index (κ3) is 3.38. The van der Waals surface area contributed by atoms with Gasteiger partial charge in [-0.2, -0.15) is 0 Å². The van der Waals surface area contributed by atoms with Gasteiger partial charge in [-0.3, -0.25) is 4.79 Å². The van der Waals surface area contributed by atoms with E-state index in [0.29, 0.717) is 11.5 Å². The molecule has 0 aliphatic carbocycles. The fourth-order valence-corrected chi connectivity index (χ4v) is 2.24. The molecule has 20 heavy (non-hydrogen) atoms. The van der Waals surface area contributed by atoms with Crippen LogP contribution in [0.15, 0.2) is 54.6 Å². The highest BCUT2D eigenvalue weighted by Crippen LogP contribution is 2.26. The van der Waals surface area contributed by atoms with Gasteiger partial charge in [0.1, 0.15) is 0 Å². The summed E-state index contributed by atoms with van der Waals surface area (Å²) in [7, 11) is 0. The number of carbonyl (C=O) groups excluding carboxylic acids is 1. The van der Waals surface area contributed by atoms with E-state index in [1.165, 1.54) is 5.56 Å². The molecule has 1 amide bonds. The van der Waals surface area contributed by atoms with Gasteiger partial charge in [-0.05, 0) is 29.7 Å². The number of anilines is 1. The van der Waals surface area contributed by atoms with Crippen LogP contribution in [-0.4, -0.2) is 5.91 Å². The summed E-state index contributed by atoms with van der Waals surface area (Å²) in [5.74, 6) is 0.0177. The van der Waals surface area contributed by atoms with E-state index in [-0.39, 0.29) is 6.04 Å². The van der Waals surface area contributed by atoms with Crippen LogP contribution in [0.25, 0.3) is 0 Å². The minimum absolute atomic E-state index is 0.194. The Morgan fingerprint density at radius 2 is 1.75 bits per heavy atom. The first-order valence-electron chi connectivity index (χ1n) is 6.79. The quantitative estimate of drug-likeness (QED) is 0.870. The molecule has 0 fully saturated rings. The van der Waals surface area contributed by atoms with E-state index < -0.39 is 5.91 Å². The zero-order valence-corrected chi connectivity index (χ0v) is 11.8. The fourth-order valence-electron chi connectivity index (χ4n) is 2.24. The zero-order valence-electron chi connectivity index (χ0n) is 11.8. The van der Waals surface area contributed by atoms with Gasteiger partial charge in [0, 0.05) is 11.3 Å². The molecule has 2 aromatic carbocycles. The summed E-state index contributed by atoms with van der Waals surface area (Å²) in [5.41, 5.74) is 7.97. The Hall–Kier alpha value is -2.29. The van der Waals surface area contributed by atoms with Crippen LogP contribution in [0.5, 0.6) is 0 Å². The van der Waals surface area contributed by atoms with Crippen LogP contribution in [0.2, 0.25) is 0 Å². The van der Waals surface area contributed by atoms with E-state index in [9.17, 15) is 4.79 Å². The molecule has 3 heteroatoms. The minimum Gasteiger partial charge on any atom is -0.378 e. The predicted octanol–water partition coefficient (Wildman–Crippen LogP) is 3.59. The summed E-state index contributed by atoms with van der Waals surface area (Å²) in [5, 5.41) is 3.48. The largest absolute Gasteiger partial charge is 0.378 e. The summed E-state index contributed by atoms with van der Waals surface area (Å²) >= 11 is 0. The van der Waals surface area contributed by atoms with Gasteiger partial charge in [-0.15, -0.1) is 0 Å². The number of nitrogens with two attached hydrogens (primary N) is 1. The average molecular weight is 268 g/mol. The van der Waals surface area contributed by atoms with E-state index in [4.69, 9.17) is 5.73 Å². The van der Waals surface area contributed by atoms with Gasteiger partial charge in [-0.1, -0.05) is 50.2 Å². The Kier molecular flexibility index (Phi) is 4.41.